The SMILES string of the molecule is C[C@@H](C(=O)Nc1ccc(Cl)cc1C(=O)c1ccccc1Cl)N1C(=O)c2ccccc2C1=O. The third-order valence-corrected chi connectivity index (χ3v) is 5.76. The molecule has 1 aliphatic rings. The van der Waals surface area contributed by atoms with Gasteiger partial charge in [-0.15, -0.1) is 0 Å². The molecule has 8 heteroatoms. The second-order valence-electron chi connectivity index (χ2n) is 7.19. The van der Waals surface area contributed by atoms with Crippen molar-refractivity contribution in [2.24, 2.45) is 0 Å². The Hall–Kier alpha value is -3.48. The first-order valence-corrected chi connectivity index (χ1v) is 10.4. The standard InChI is InChI=1S/C24H16Cl2N2O4/c1-13(28-23(31)15-6-2-3-7-16(15)24(28)32)22(30)27-20-11-10-14(25)12-18(20)21(29)17-8-4-5-9-19(17)26/h2-13H,1H3,(H,27,30)/t13-/m0/s1. The van der Waals surface area contributed by atoms with Gasteiger partial charge in [0.05, 0.1) is 21.8 Å². The van der Waals surface area contributed by atoms with E-state index < -0.39 is 29.5 Å². The summed E-state index contributed by atoms with van der Waals surface area (Å²) in [5, 5.41) is 3.20. The van der Waals surface area contributed by atoms with E-state index in [0.717, 1.165) is 4.90 Å². The zero-order valence-electron chi connectivity index (χ0n) is 16.8. The van der Waals surface area contributed by atoms with E-state index in [9.17, 15) is 19.2 Å². The van der Waals surface area contributed by atoms with E-state index in [1.165, 1.54) is 25.1 Å². The Kier molecular flexibility index (Phi) is 5.82. The van der Waals surface area contributed by atoms with Crippen molar-refractivity contribution < 1.29 is 19.2 Å². The molecule has 3 aromatic rings. The summed E-state index contributed by atoms with van der Waals surface area (Å²) in [5.41, 5.74) is 1.07. The zero-order chi connectivity index (χ0) is 23.0. The highest BCUT2D eigenvalue weighted by molar-refractivity contribution is 6.36. The third kappa shape index (κ3) is 3.79. The maximum atomic E-state index is 13.1. The van der Waals surface area contributed by atoms with Crippen LogP contribution in [0.2, 0.25) is 10.0 Å². The minimum atomic E-state index is -1.11. The van der Waals surface area contributed by atoms with Crippen molar-refractivity contribution in [3.63, 3.8) is 0 Å². The maximum absolute atomic E-state index is 13.1. The summed E-state index contributed by atoms with van der Waals surface area (Å²) in [5.74, 6) is -2.15. The monoisotopic (exact) mass is 466 g/mol. The molecule has 3 aromatic carbocycles. The number of carbonyl (C=O) groups is 4. The summed E-state index contributed by atoms with van der Waals surface area (Å²) in [6.45, 7) is 1.45. The number of fused-ring (bicyclic) bond motifs is 1. The number of halogens is 2. The largest absolute Gasteiger partial charge is 0.324 e. The molecule has 32 heavy (non-hydrogen) atoms. The summed E-state index contributed by atoms with van der Waals surface area (Å²) < 4.78 is 0. The highest BCUT2D eigenvalue weighted by Gasteiger charge is 2.40. The summed E-state index contributed by atoms with van der Waals surface area (Å²) in [6.07, 6.45) is 0. The molecule has 0 saturated heterocycles. The van der Waals surface area contributed by atoms with Crippen molar-refractivity contribution in [1.29, 1.82) is 0 Å². The Morgan fingerprint density at radius 2 is 1.44 bits per heavy atom. The second kappa shape index (κ2) is 8.57. The van der Waals surface area contributed by atoms with Crippen LogP contribution >= 0.6 is 23.2 Å². The van der Waals surface area contributed by atoms with Crippen molar-refractivity contribution in [2.45, 2.75) is 13.0 Å². The van der Waals surface area contributed by atoms with Gasteiger partial charge in [0.15, 0.2) is 5.78 Å². The van der Waals surface area contributed by atoms with Gasteiger partial charge in [0.25, 0.3) is 11.8 Å². The van der Waals surface area contributed by atoms with Gasteiger partial charge in [-0.1, -0.05) is 47.5 Å². The number of benzene rings is 3. The number of rotatable bonds is 5. The molecule has 0 spiro atoms. The van der Waals surface area contributed by atoms with Crippen LogP contribution in [0.4, 0.5) is 5.69 Å². The predicted molar refractivity (Wildman–Crippen MR) is 121 cm³/mol. The molecule has 0 saturated carbocycles. The fraction of sp³-hybridized carbons (Fsp3) is 0.0833. The number of nitrogens with one attached hydrogen (secondary N) is 1. The summed E-state index contributed by atoms with van der Waals surface area (Å²) in [7, 11) is 0. The first kappa shape index (κ1) is 21.7. The van der Waals surface area contributed by atoms with Crippen molar-refractivity contribution in [1.82, 2.24) is 4.90 Å². The minimum absolute atomic E-state index is 0.133. The summed E-state index contributed by atoms with van der Waals surface area (Å²) in [4.78, 5) is 52.3. The van der Waals surface area contributed by atoms with Crippen LogP contribution in [0.1, 0.15) is 43.6 Å². The van der Waals surface area contributed by atoms with Crippen LogP contribution in [0.3, 0.4) is 0 Å². The number of anilines is 1. The lowest BCUT2D eigenvalue weighted by Gasteiger charge is -2.22. The van der Waals surface area contributed by atoms with Crippen molar-refractivity contribution in [3.8, 4) is 0 Å². The van der Waals surface area contributed by atoms with Crippen molar-refractivity contribution in [3.05, 3.63) is 99.0 Å². The number of nitrogens with zero attached hydrogens (tertiary/aromatic N) is 1. The molecule has 0 fully saturated rings. The smallest absolute Gasteiger partial charge is 0.262 e. The average Bonchev–Trinajstić information content (AvgIpc) is 3.04. The van der Waals surface area contributed by atoms with Gasteiger partial charge in [0.2, 0.25) is 5.91 Å². The molecule has 1 aliphatic heterocycles. The average molecular weight is 467 g/mol. The van der Waals surface area contributed by atoms with Crippen LogP contribution < -0.4 is 5.32 Å². The summed E-state index contributed by atoms with van der Waals surface area (Å²) >= 11 is 12.2. The van der Waals surface area contributed by atoms with Gasteiger partial charge >= 0.3 is 0 Å². The number of ketones is 1. The summed E-state index contributed by atoms with van der Waals surface area (Å²) in [6, 6.07) is 16.2. The van der Waals surface area contributed by atoms with Crippen LogP contribution in [0, 0.1) is 0 Å². The maximum Gasteiger partial charge on any atom is 0.262 e. The van der Waals surface area contributed by atoms with E-state index in [0.29, 0.717) is 5.02 Å². The highest BCUT2D eigenvalue weighted by atomic mass is 35.5. The first-order chi connectivity index (χ1) is 15.3. The van der Waals surface area contributed by atoms with Crippen molar-refractivity contribution >= 4 is 52.4 Å². The molecule has 1 N–H and O–H groups in total. The lowest BCUT2D eigenvalue weighted by Crippen LogP contribution is -2.45. The van der Waals surface area contributed by atoms with Gasteiger partial charge in [-0.25, -0.2) is 0 Å². The van der Waals surface area contributed by atoms with E-state index in [4.69, 9.17) is 23.2 Å². The van der Waals surface area contributed by atoms with Crippen LogP contribution in [0.15, 0.2) is 66.7 Å². The molecule has 0 radical (unpaired) electrons. The molecular weight excluding hydrogens is 451 g/mol. The molecule has 3 amide bonds. The fourth-order valence-electron chi connectivity index (χ4n) is 3.52. The van der Waals surface area contributed by atoms with Gasteiger partial charge in [0, 0.05) is 16.1 Å². The predicted octanol–water partition coefficient (Wildman–Crippen LogP) is 4.85. The van der Waals surface area contributed by atoms with Gasteiger partial charge in [0.1, 0.15) is 6.04 Å². The minimum Gasteiger partial charge on any atom is -0.324 e. The second-order valence-corrected chi connectivity index (χ2v) is 8.03. The van der Waals surface area contributed by atoms with E-state index in [2.05, 4.69) is 5.32 Å². The van der Waals surface area contributed by atoms with Crippen molar-refractivity contribution in [2.75, 3.05) is 5.32 Å². The molecule has 6 nitrogen and oxygen atoms in total. The normalized spacial score (nSPS) is 13.7. The number of hydrogen-bond acceptors (Lipinski definition) is 4. The molecule has 4 rings (SSSR count). The van der Waals surface area contributed by atoms with Crippen LogP contribution in [-0.4, -0.2) is 34.4 Å². The lowest BCUT2D eigenvalue weighted by atomic mass is 10.0. The number of hydrogen-bond donors (Lipinski definition) is 1. The Morgan fingerprint density at radius 3 is 2.06 bits per heavy atom. The molecule has 1 heterocycles. The lowest BCUT2D eigenvalue weighted by molar-refractivity contribution is -0.119. The molecule has 0 bridgehead atoms. The molecule has 1 atom stereocenters. The Labute approximate surface area is 193 Å². The number of amides is 3. The first-order valence-electron chi connectivity index (χ1n) is 9.66. The molecule has 160 valence electrons. The molecule has 0 aromatic heterocycles. The molecule has 0 aliphatic carbocycles. The molecule has 0 unspecified atom stereocenters. The highest BCUT2D eigenvalue weighted by Crippen LogP contribution is 2.28. The Bertz CT molecular complexity index is 1250. The Morgan fingerprint density at radius 1 is 0.844 bits per heavy atom. The topological polar surface area (TPSA) is 83.6 Å². The number of imide groups is 1. The van der Waals surface area contributed by atoms with Gasteiger partial charge in [-0.3, -0.25) is 24.1 Å². The van der Waals surface area contributed by atoms with Gasteiger partial charge < -0.3 is 5.32 Å². The van der Waals surface area contributed by atoms with Crippen LogP contribution in [0.25, 0.3) is 0 Å². The number of carbonyl (C=O) groups excluding carboxylic acids is 4. The van der Waals surface area contributed by atoms with E-state index in [1.807, 2.05) is 0 Å². The van der Waals surface area contributed by atoms with Gasteiger partial charge in [-0.2, -0.15) is 0 Å². The van der Waals surface area contributed by atoms with Crippen LogP contribution in [0.5, 0.6) is 0 Å². The van der Waals surface area contributed by atoms with E-state index >= 15 is 0 Å². The zero-order valence-corrected chi connectivity index (χ0v) is 18.3. The van der Waals surface area contributed by atoms with Gasteiger partial charge in [-0.05, 0) is 49.4 Å². The third-order valence-electron chi connectivity index (χ3n) is 5.19. The van der Waals surface area contributed by atoms with E-state index in [-0.39, 0.29) is 33.0 Å². The van der Waals surface area contributed by atoms with E-state index in [1.54, 1.807) is 48.5 Å². The molecular formula is C24H16Cl2N2O4. The fourth-order valence-corrected chi connectivity index (χ4v) is 3.91. The quantitative estimate of drug-likeness (QED) is 0.430. The Balaban J connectivity index is 1.62. The van der Waals surface area contributed by atoms with Crippen LogP contribution in [-0.2, 0) is 4.79 Å².